The normalized spacial score (nSPS) is 23.7. The Morgan fingerprint density at radius 2 is 2.05 bits per heavy atom. The van der Waals surface area contributed by atoms with E-state index in [1.165, 1.54) is 12.8 Å². The van der Waals surface area contributed by atoms with E-state index in [1.807, 2.05) is 13.0 Å². The van der Waals surface area contributed by atoms with Gasteiger partial charge in [0.2, 0.25) is 10.0 Å². The summed E-state index contributed by atoms with van der Waals surface area (Å²) in [5.41, 5.74) is 0.960. The molecule has 1 saturated carbocycles. The maximum atomic E-state index is 12.2. The predicted octanol–water partition coefficient (Wildman–Crippen LogP) is 3.08. The first-order chi connectivity index (χ1) is 9.03. The van der Waals surface area contributed by atoms with Gasteiger partial charge in [-0.25, -0.2) is 13.1 Å². The second kappa shape index (κ2) is 6.37. The summed E-state index contributed by atoms with van der Waals surface area (Å²) in [5, 5.41) is 0.962. The quantitative estimate of drug-likeness (QED) is 0.833. The van der Waals surface area contributed by atoms with Gasteiger partial charge in [0.1, 0.15) is 0 Å². The number of nitrogens with one attached hydrogen (secondary N) is 1. The summed E-state index contributed by atoms with van der Waals surface area (Å²) in [6.07, 6.45) is 3.52. The molecule has 1 aliphatic rings. The lowest BCUT2D eigenvalue weighted by Gasteiger charge is -2.17. The van der Waals surface area contributed by atoms with Crippen LogP contribution in [0.5, 0.6) is 0 Å². The fraction of sp³-hybridized carbons (Fsp3) is 0.571. The van der Waals surface area contributed by atoms with Crippen LogP contribution in [0.2, 0.25) is 0 Å². The maximum absolute atomic E-state index is 12.2. The number of hydrogen-bond donors (Lipinski definition) is 1. The van der Waals surface area contributed by atoms with Crippen LogP contribution in [0.3, 0.4) is 0 Å². The molecule has 1 aliphatic carbocycles. The van der Waals surface area contributed by atoms with E-state index < -0.39 is 10.0 Å². The summed E-state index contributed by atoms with van der Waals surface area (Å²) in [7, 11) is -3.37. The van der Waals surface area contributed by atoms with E-state index >= 15 is 0 Å². The molecule has 2 atom stereocenters. The van der Waals surface area contributed by atoms with E-state index in [4.69, 9.17) is 0 Å². The number of rotatable bonds is 5. The van der Waals surface area contributed by atoms with Crippen molar-refractivity contribution in [2.45, 2.75) is 31.1 Å². The number of alkyl halides is 1. The van der Waals surface area contributed by atoms with E-state index in [0.29, 0.717) is 23.3 Å². The lowest BCUT2D eigenvalue weighted by atomic mass is 9.99. The molecular formula is C14H20BrNO2S. The molecule has 1 aromatic rings. The molecule has 0 bridgehead atoms. The number of benzene rings is 1. The monoisotopic (exact) mass is 345 g/mol. The summed E-state index contributed by atoms with van der Waals surface area (Å²) < 4.78 is 27.2. The molecule has 0 aromatic heterocycles. The Bertz CT molecular complexity index is 530. The lowest BCUT2D eigenvalue weighted by Crippen LogP contribution is -2.31. The molecule has 5 heteroatoms. The van der Waals surface area contributed by atoms with Gasteiger partial charge in [-0.2, -0.15) is 0 Å². The topological polar surface area (TPSA) is 46.2 Å². The second-order valence-corrected chi connectivity index (χ2v) is 7.69. The van der Waals surface area contributed by atoms with Crippen molar-refractivity contribution < 1.29 is 8.42 Å². The highest BCUT2D eigenvalue weighted by Crippen LogP contribution is 2.32. The van der Waals surface area contributed by atoms with Crippen LogP contribution in [0.15, 0.2) is 29.2 Å². The standard InChI is InChI=1S/C14H20BrNO2S/c1-11-4-2-7-14(8-11)19(17,18)16-10-13-6-3-5-12(13)9-15/h2,4,7-8,12-13,16H,3,5-6,9-10H2,1H3. The molecule has 0 heterocycles. The van der Waals surface area contributed by atoms with Crippen LogP contribution >= 0.6 is 15.9 Å². The Labute approximate surface area is 124 Å². The fourth-order valence-electron chi connectivity index (χ4n) is 2.67. The van der Waals surface area contributed by atoms with Gasteiger partial charge in [0, 0.05) is 11.9 Å². The molecule has 0 radical (unpaired) electrons. The van der Waals surface area contributed by atoms with Crippen LogP contribution in [-0.2, 0) is 10.0 Å². The van der Waals surface area contributed by atoms with Crippen molar-refractivity contribution in [1.82, 2.24) is 4.72 Å². The lowest BCUT2D eigenvalue weighted by molar-refractivity contribution is 0.422. The number of halogens is 1. The van der Waals surface area contributed by atoms with Crippen LogP contribution < -0.4 is 4.72 Å². The average molecular weight is 346 g/mol. The van der Waals surface area contributed by atoms with Crippen LogP contribution in [0.1, 0.15) is 24.8 Å². The van der Waals surface area contributed by atoms with Gasteiger partial charge in [-0.3, -0.25) is 0 Å². The Hall–Kier alpha value is -0.390. The molecule has 0 spiro atoms. The molecule has 0 amide bonds. The molecule has 1 N–H and O–H groups in total. The van der Waals surface area contributed by atoms with Gasteiger partial charge in [0.15, 0.2) is 0 Å². The second-order valence-electron chi connectivity index (χ2n) is 5.27. The van der Waals surface area contributed by atoms with E-state index in [0.717, 1.165) is 17.3 Å². The number of sulfonamides is 1. The molecular weight excluding hydrogens is 326 g/mol. The van der Waals surface area contributed by atoms with Crippen molar-refractivity contribution in [3.8, 4) is 0 Å². The zero-order valence-electron chi connectivity index (χ0n) is 11.1. The third kappa shape index (κ3) is 3.80. The van der Waals surface area contributed by atoms with Crippen LogP contribution in [0, 0.1) is 18.8 Å². The van der Waals surface area contributed by atoms with Gasteiger partial charge in [0.25, 0.3) is 0 Å². The molecule has 0 aliphatic heterocycles. The van der Waals surface area contributed by atoms with Gasteiger partial charge in [-0.15, -0.1) is 0 Å². The van der Waals surface area contributed by atoms with Crippen molar-refractivity contribution >= 4 is 26.0 Å². The highest BCUT2D eigenvalue weighted by atomic mass is 79.9. The molecule has 1 aromatic carbocycles. The van der Waals surface area contributed by atoms with Crippen molar-refractivity contribution in [1.29, 1.82) is 0 Å². The van der Waals surface area contributed by atoms with E-state index in [2.05, 4.69) is 20.7 Å². The first-order valence-corrected chi connectivity index (χ1v) is 9.25. The molecule has 0 saturated heterocycles. The minimum atomic E-state index is -3.37. The van der Waals surface area contributed by atoms with Crippen LogP contribution in [0.25, 0.3) is 0 Å². The molecule has 106 valence electrons. The van der Waals surface area contributed by atoms with Gasteiger partial charge >= 0.3 is 0 Å². The summed E-state index contributed by atoms with van der Waals surface area (Å²) in [5.74, 6) is 1.05. The number of hydrogen-bond acceptors (Lipinski definition) is 2. The van der Waals surface area contributed by atoms with Crippen molar-refractivity contribution in [3.05, 3.63) is 29.8 Å². The summed E-state index contributed by atoms with van der Waals surface area (Å²) in [6.45, 7) is 2.45. The van der Waals surface area contributed by atoms with Gasteiger partial charge < -0.3 is 0 Å². The Morgan fingerprint density at radius 1 is 1.32 bits per heavy atom. The molecule has 1 fully saturated rings. The summed E-state index contributed by atoms with van der Waals surface area (Å²) in [4.78, 5) is 0.362. The highest BCUT2D eigenvalue weighted by Gasteiger charge is 2.27. The third-order valence-electron chi connectivity index (χ3n) is 3.85. The average Bonchev–Trinajstić information content (AvgIpc) is 2.84. The Kier molecular flexibility index (Phi) is 5.03. The third-order valence-corrected chi connectivity index (χ3v) is 6.10. The van der Waals surface area contributed by atoms with Crippen molar-refractivity contribution in [2.24, 2.45) is 11.8 Å². The largest absolute Gasteiger partial charge is 0.240 e. The van der Waals surface area contributed by atoms with Gasteiger partial charge in [-0.1, -0.05) is 34.5 Å². The van der Waals surface area contributed by atoms with Crippen molar-refractivity contribution in [2.75, 3.05) is 11.9 Å². The minimum Gasteiger partial charge on any atom is -0.211 e. The molecule has 3 nitrogen and oxygen atoms in total. The fourth-order valence-corrected chi connectivity index (χ4v) is 4.72. The SMILES string of the molecule is Cc1cccc(S(=O)(=O)NCC2CCCC2CBr)c1. The minimum absolute atomic E-state index is 0.362. The number of aryl methyl sites for hydroxylation is 1. The Morgan fingerprint density at radius 3 is 2.74 bits per heavy atom. The molecule has 2 rings (SSSR count). The Balaban J connectivity index is 2.02. The molecule has 19 heavy (non-hydrogen) atoms. The van der Waals surface area contributed by atoms with E-state index in [-0.39, 0.29) is 0 Å². The molecule has 2 unspecified atom stereocenters. The zero-order valence-corrected chi connectivity index (χ0v) is 13.5. The van der Waals surface area contributed by atoms with Gasteiger partial charge in [0.05, 0.1) is 4.90 Å². The maximum Gasteiger partial charge on any atom is 0.240 e. The van der Waals surface area contributed by atoms with Crippen molar-refractivity contribution in [3.63, 3.8) is 0 Å². The first-order valence-electron chi connectivity index (χ1n) is 6.65. The van der Waals surface area contributed by atoms with Gasteiger partial charge in [-0.05, 0) is 49.3 Å². The summed E-state index contributed by atoms with van der Waals surface area (Å²) in [6, 6.07) is 7.03. The first kappa shape index (κ1) is 15.0. The summed E-state index contributed by atoms with van der Waals surface area (Å²) >= 11 is 3.51. The van der Waals surface area contributed by atoms with Crippen LogP contribution in [0.4, 0.5) is 0 Å². The predicted molar refractivity (Wildman–Crippen MR) is 81.0 cm³/mol. The zero-order chi connectivity index (χ0) is 13.9. The van der Waals surface area contributed by atoms with E-state index in [1.54, 1.807) is 18.2 Å². The highest BCUT2D eigenvalue weighted by molar-refractivity contribution is 9.09. The van der Waals surface area contributed by atoms with Crippen LogP contribution in [-0.4, -0.2) is 20.3 Å². The smallest absolute Gasteiger partial charge is 0.211 e. The van der Waals surface area contributed by atoms with E-state index in [9.17, 15) is 8.42 Å².